The van der Waals surface area contributed by atoms with Crippen LogP contribution in [0.1, 0.15) is 47.0 Å². The Bertz CT molecular complexity index is 351. The highest BCUT2D eigenvalue weighted by atomic mass is 32.2. The zero-order chi connectivity index (χ0) is 16.3. The average molecular weight is 316 g/mol. The zero-order valence-electron chi connectivity index (χ0n) is 13.6. The predicted molar refractivity (Wildman–Crippen MR) is 88.0 cm³/mol. The molecule has 0 fully saturated rings. The van der Waals surface area contributed by atoms with E-state index in [2.05, 4.69) is 17.2 Å². The van der Waals surface area contributed by atoms with Gasteiger partial charge in [0.1, 0.15) is 5.60 Å². The first-order valence-electron chi connectivity index (χ1n) is 7.22. The predicted octanol–water partition coefficient (Wildman–Crippen LogP) is 2.43. The first-order valence-corrected chi connectivity index (χ1v) is 8.21. The Balaban J connectivity index is 3.42. The van der Waals surface area contributed by atoms with Crippen LogP contribution in [-0.2, 0) is 14.3 Å². The molecule has 0 aromatic rings. The molecular formula is C15H28N2O3S. The molecule has 0 unspecified atom stereocenters. The van der Waals surface area contributed by atoms with Gasteiger partial charge in [-0.25, -0.2) is 0 Å². The summed E-state index contributed by atoms with van der Waals surface area (Å²) in [6.45, 7) is 12.7. The van der Waals surface area contributed by atoms with Crippen LogP contribution in [-0.4, -0.2) is 35.5 Å². The van der Waals surface area contributed by atoms with Crippen molar-refractivity contribution in [3.05, 3.63) is 12.5 Å². The molecule has 0 heterocycles. The maximum Gasteiger partial charge on any atom is 0.230 e. The molecule has 0 bridgehead atoms. The molecule has 6 heteroatoms. The Hall–Kier alpha value is -1.17. The number of ether oxygens (including phenoxy) is 1. The van der Waals surface area contributed by atoms with Crippen molar-refractivity contribution in [1.29, 1.82) is 0 Å². The molecule has 0 saturated carbocycles. The maximum absolute atomic E-state index is 11.3. The number of rotatable bonds is 10. The van der Waals surface area contributed by atoms with E-state index in [-0.39, 0.29) is 22.4 Å². The monoisotopic (exact) mass is 316 g/mol. The van der Waals surface area contributed by atoms with Gasteiger partial charge in [-0.1, -0.05) is 11.8 Å². The number of carbonyl (C=O) groups is 2. The topological polar surface area (TPSA) is 67.4 Å². The third-order valence-corrected chi connectivity index (χ3v) is 3.15. The second kappa shape index (κ2) is 10.5. The standard InChI is InChI=1S/C15H28N2O3S/c1-12(20-15(3,4)5)16-9-7-6-8-10-17-14(19)11-21-13(2)18/h16H,1,6-11H2,2-5H3,(H,17,19). The van der Waals surface area contributed by atoms with Gasteiger partial charge in [0.25, 0.3) is 0 Å². The van der Waals surface area contributed by atoms with E-state index >= 15 is 0 Å². The lowest BCUT2D eigenvalue weighted by Crippen LogP contribution is -2.27. The first kappa shape index (κ1) is 19.8. The van der Waals surface area contributed by atoms with Crippen molar-refractivity contribution in [2.45, 2.75) is 52.6 Å². The molecule has 5 nitrogen and oxygen atoms in total. The molecule has 0 radical (unpaired) electrons. The van der Waals surface area contributed by atoms with E-state index in [0.29, 0.717) is 12.4 Å². The number of amides is 1. The third kappa shape index (κ3) is 15.0. The third-order valence-electron chi connectivity index (χ3n) is 2.33. The molecular weight excluding hydrogens is 288 g/mol. The van der Waals surface area contributed by atoms with Gasteiger partial charge in [0.15, 0.2) is 11.0 Å². The van der Waals surface area contributed by atoms with Crippen LogP contribution in [0.2, 0.25) is 0 Å². The second-order valence-electron chi connectivity index (χ2n) is 5.76. The summed E-state index contributed by atoms with van der Waals surface area (Å²) < 4.78 is 5.55. The van der Waals surface area contributed by atoms with Gasteiger partial charge >= 0.3 is 0 Å². The van der Waals surface area contributed by atoms with E-state index in [1.165, 1.54) is 6.92 Å². The van der Waals surface area contributed by atoms with Crippen molar-refractivity contribution in [1.82, 2.24) is 10.6 Å². The molecule has 21 heavy (non-hydrogen) atoms. The number of thioether (sulfide) groups is 1. The van der Waals surface area contributed by atoms with Crippen LogP contribution in [0.25, 0.3) is 0 Å². The van der Waals surface area contributed by atoms with Crippen LogP contribution < -0.4 is 10.6 Å². The quantitative estimate of drug-likeness (QED) is 0.478. The number of hydrogen-bond donors (Lipinski definition) is 2. The van der Waals surface area contributed by atoms with Gasteiger partial charge < -0.3 is 15.4 Å². The zero-order valence-corrected chi connectivity index (χ0v) is 14.4. The molecule has 0 aromatic heterocycles. The van der Waals surface area contributed by atoms with E-state index < -0.39 is 0 Å². The fourth-order valence-electron chi connectivity index (χ4n) is 1.51. The lowest BCUT2D eigenvalue weighted by atomic mass is 10.2. The highest BCUT2D eigenvalue weighted by Gasteiger charge is 2.11. The van der Waals surface area contributed by atoms with Crippen LogP contribution in [0.5, 0.6) is 0 Å². The summed E-state index contributed by atoms with van der Waals surface area (Å²) in [6.07, 6.45) is 2.92. The van der Waals surface area contributed by atoms with Crippen molar-refractivity contribution >= 4 is 22.8 Å². The number of carbonyl (C=O) groups excluding carboxylic acids is 2. The van der Waals surface area contributed by atoms with Gasteiger partial charge in [0, 0.05) is 20.0 Å². The van der Waals surface area contributed by atoms with Crippen LogP contribution in [0, 0.1) is 0 Å². The van der Waals surface area contributed by atoms with Crippen molar-refractivity contribution in [3.63, 3.8) is 0 Å². The normalized spacial score (nSPS) is 10.9. The summed E-state index contributed by atoms with van der Waals surface area (Å²) in [5.41, 5.74) is -0.230. The van der Waals surface area contributed by atoms with Gasteiger partial charge in [0.2, 0.25) is 5.91 Å². The lowest BCUT2D eigenvalue weighted by Gasteiger charge is -2.23. The molecule has 1 amide bonds. The molecule has 0 spiro atoms. The highest BCUT2D eigenvalue weighted by molar-refractivity contribution is 8.14. The summed E-state index contributed by atoms with van der Waals surface area (Å²) in [4.78, 5) is 22.0. The fraction of sp³-hybridized carbons (Fsp3) is 0.733. The van der Waals surface area contributed by atoms with Gasteiger partial charge in [0.05, 0.1) is 5.75 Å². The Morgan fingerprint density at radius 2 is 1.67 bits per heavy atom. The van der Waals surface area contributed by atoms with Gasteiger partial charge in [-0.15, -0.1) is 0 Å². The summed E-state index contributed by atoms with van der Waals surface area (Å²) >= 11 is 1.03. The van der Waals surface area contributed by atoms with E-state index in [9.17, 15) is 9.59 Å². The van der Waals surface area contributed by atoms with Crippen LogP contribution in [0.4, 0.5) is 0 Å². The Labute approximate surface area is 132 Å². The van der Waals surface area contributed by atoms with Crippen molar-refractivity contribution in [3.8, 4) is 0 Å². The van der Waals surface area contributed by atoms with E-state index in [0.717, 1.165) is 37.6 Å². The average Bonchev–Trinajstić information content (AvgIpc) is 2.33. The van der Waals surface area contributed by atoms with Crippen molar-refractivity contribution < 1.29 is 14.3 Å². The van der Waals surface area contributed by atoms with Gasteiger partial charge in [-0.2, -0.15) is 0 Å². The minimum atomic E-state index is -0.230. The molecule has 0 aromatic carbocycles. The summed E-state index contributed by atoms with van der Waals surface area (Å²) in [5, 5.41) is 5.89. The van der Waals surface area contributed by atoms with E-state index in [1.54, 1.807) is 0 Å². The van der Waals surface area contributed by atoms with Crippen LogP contribution in [0.15, 0.2) is 12.5 Å². The number of unbranched alkanes of at least 4 members (excludes halogenated alkanes) is 2. The minimum Gasteiger partial charge on any atom is -0.474 e. The molecule has 0 aliphatic carbocycles. The Kier molecular flexibility index (Phi) is 9.95. The fourth-order valence-corrected chi connectivity index (χ4v) is 1.94. The Morgan fingerprint density at radius 3 is 2.19 bits per heavy atom. The minimum absolute atomic E-state index is 0.0334. The molecule has 0 rings (SSSR count). The van der Waals surface area contributed by atoms with Crippen LogP contribution in [0.3, 0.4) is 0 Å². The SMILES string of the molecule is C=C(NCCCCCNC(=O)CSC(C)=O)OC(C)(C)C. The molecule has 0 saturated heterocycles. The summed E-state index contributed by atoms with van der Waals surface area (Å²) in [6, 6.07) is 0. The molecule has 0 aliphatic rings. The number of hydrogen-bond acceptors (Lipinski definition) is 5. The van der Waals surface area contributed by atoms with E-state index in [1.807, 2.05) is 20.8 Å². The lowest BCUT2D eigenvalue weighted by molar-refractivity contribution is -0.118. The largest absolute Gasteiger partial charge is 0.474 e. The van der Waals surface area contributed by atoms with Crippen molar-refractivity contribution in [2.24, 2.45) is 0 Å². The van der Waals surface area contributed by atoms with E-state index in [4.69, 9.17) is 4.74 Å². The summed E-state index contributed by atoms with van der Waals surface area (Å²) in [7, 11) is 0. The molecule has 0 aliphatic heterocycles. The highest BCUT2D eigenvalue weighted by Crippen LogP contribution is 2.10. The van der Waals surface area contributed by atoms with Crippen molar-refractivity contribution in [2.75, 3.05) is 18.8 Å². The van der Waals surface area contributed by atoms with Crippen LogP contribution >= 0.6 is 11.8 Å². The summed E-state index contributed by atoms with van der Waals surface area (Å²) in [5.74, 6) is 0.721. The maximum atomic E-state index is 11.3. The Morgan fingerprint density at radius 1 is 1.10 bits per heavy atom. The first-order chi connectivity index (χ1) is 9.70. The van der Waals surface area contributed by atoms with Gasteiger partial charge in [-0.3, -0.25) is 9.59 Å². The molecule has 122 valence electrons. The second-order valence-corrected chi connectivity index (χ2v) is 6.91. The molecule has 0 atom stereocenters. The molecule has 2 N–H and O–H groups in total. The number of nitrogens with one attached hydrogen (secondary N) is 2. The van der Waals surface area contributed by atoms with Gasteiger partial charge in [-0.05, 0) is 46.6 Å². The smallest absolute Gasteiger partial charge is 0.230 e.